The van der Waals surface area contributed by atoms with Gasteiger partial charge in [-0.05, 0) is 32.3 Å². The van der Waals surface area contributed by atoms with Crippen LogP contribution < -0.4 is 5.73 Å². The summed E-state index contributed by atoms with van der Waals surface area (Å²) in [6, 6.07) is -0.327. The Morgan fingerprint density at radius 2 is 1.34 bits per heavy atom. The molecule has 1 saturated heterocycles. The molecule has 7 nitrogen and oxygen atoms in total. The topological polar surface area (TPSA) is 91.1 Å². The first kappa shape index (κ1) is 32.2. The Kier molecular flexibility index (Phi) is 15.5. The van der Waals surface area contributed by atoms with E-state index < -0.39 is 5.97 Å². The first-order chi connectivity index (χ1) is 18.4. The molecule has 0 radical (unpaired) electrons. The number of hydroxylamine groups is 2. The summed E-state index contributed by atoms with van der Waals surface area (Å²) in [5, 5.41) is 1.52. The zero-order valence-electron chi connectivity index (χ0n) is 24.7. The van der Waals surface area contributed by atoms with Crippen molar-refractivity contribution < 1.29 is 23.9 Å². The molecule has 0 saturated carbocycles. The highest BCUT2D eigenvalue weighted by molar-refractivity contribution is 5.94. The fraction of sp³-hybridized carbons (Fsp3) is 0.806. The van der Waals surface area contributed by atoms with Crippen LogP contribution >= 0.6 is 0 Å². The highest BCUT2D eigenvalue weighted by Gasteiger charge is 2.42. The van der Waals surface area contributed by atoms with Gasteiger partial charge in [-0.2, -0.15) is 0 Å². The number of rotatable bonds is 20. The van der Waals surface area contributed by atoms with E-state index in [4.69, 9.17) is 20.0 Å². The van der Waals surface area contributed by atoms with Crippen molar-refractivity contribution >= 4 is 11.9 Å². The Labute approximate surface area is 231 Å². The van der Waals surface area contributed by atoms with Crippen LogP contribution in [0.5, 0.6) is 0 Å². The van der Waals surface area contributed by atoms with Crippen molar-refractivity contribution in [2.24, 2.45) is 5.73 Å². The number of ether oxygens (including phenoxy) is 2. The Morgan fingerprint density at radius 1 is 0.868 bits per heavy atom. The number of hydrogen-bond acceptors (Lipinski definition) is 7. The van der Waals surface area contributed by atoms with Crippen LogP contribution in [0, 0.1) is 0 Å². The third kappa shape index (κ3) is 10.3. The predicted octanol–water partition coefficient (Wildman–Crippen LogP) is 7.25. The highest BCUT2D eigenvalue weighted by Crippen LogP contribution is 2.36. The molecule has 7 heteroatoms. The molecule has 0 bridgehead atoms. The van der Waals surface area contributed by atoms with E-state index in [9.17, 15) is 9.59 Å². The summed E-state index contributed by atoms with van der Waals surface area (Å²) >= 11 is 0. The van der Waals surface area contributed by atoms with Crippen LogP contribution in [0.2, 0.25) is 0 Å². The third-order valence-corrected chi connectivity index (χ3v) is 7.99. The summed E-state index contributed by atoms with van der Waals surface area (Å²) in [5.41, 5.74) is 8.16. The fourth-order valence-electron chi connectivity index (χ4n) is 5.44. The standard InChI is InChI=1S/C31H54N2O5/c1-5-6-7-8-9-10-11-12-13-14-15-16-17-18-19-20-21-27(34)38-33-25(3)28(31(35)36-4)29(32)24(2)30(33)26-22-23-37-26/h26,30H,5-23,32H2,1-4H3. The van der Waals surface area contributed by atoms with Gasteiger partial charge in [0.2, 0.25) is 0 Å². The molecule has 218 valence electrons. The molecule has 0 aromatic rings. The Balaban J connectivity index is 1.61. The van der Waals surface area contributed by atoms with Gasteiger partial charge in [-0.25, -0.2) is 14.7 Å². The SMILES string of the molecule is CCCCCCCCCCCCCCCCCCC(=O)ON1C(C)=C(C(=O)OC)C(N)=C(C)C1C1CCO1. The quantitative estimate of drug-likeness (QED) is 0.130. The van der Waals surface area contributed by atoms with E-state index in [1.807, 2.05) is 6.92 Å². The lowest BCUT2D eigenvalue weighted by Crippen LogP contribution is -2.53. The molecular formula is C31H54N2O5. The lowest BCUT2D eigenvalue weighted by molar-refractivity contribution is -0.209. The van der Waals surface area contributed by atoms with Crippen LogP contribution in [-0.2, 0) is 23.9 Å². The molecule has 0 aromatic heterocycles. The van der Waals surface area contributed by atoms with Crippen molar-refractivity contribution in [3.8, 4) is 0 Å². The molecular weight excluding hydrogens is 480 g/mol. The zero-order chi connectivity index (χ0) is 27.8. The molecule has 2 unspecified atom stereocenters. The van der Waals surface area contributed by atoms with E-state index in [1.54, 1.807) is 6.92 Å². The van der Waals surface area contributed by atoms with E-state index >= 15 is 0 Å². The van der Waals surface area contributed by atoms with E-state index in [0.717, 1.165) is 31.3 Å². The Morgan fingerprint density at radius 3 is 1.76 bits per heavy atom. The van der Waals surface area contributed by atoms with Gasteiger partial charge in [0.25, 0.3) is 0 Å². The summed E-state index contributed by atoms with van der Waals surface area (Å²) in [6.07, 6.45) is 21.8. The summed E-state index contributed by atoms with van der Waals surface area (Å²) in [7, 11) is 1.32. The number of esters is 1. The van der Waals surface area contributed by atoms with Crippen molar-refractivity contribution in [1.29, 1.82) is 0 Å². The van der Waals surface area contributed by atoms with Gasteiger partial charge in [0.1, 0.15) is 11.6 Å². The van der Waals surface area contributed by atoms with Gasteiger partial charge in [-0.15, -0.1) is 0 Å². The number of hydrogen-bond donors (Lipinski definition) is 1. The molecule has 2 aliphatic rings. The van der Waals surface area contributed by atoms with Gasteiger partial charge in [0, 0.05) is 18.7 Å². The summed E-state index contributed by atoms with van der Waals surface area (Å²) in [4.78, 5) is 30.9. The number of allylic oxidation sites excluding steroid dienone is 1. The smallest absolute Gasteiger partial charge is 0.341 e. The third-order valence-electron chi connectivity index (χ3n) is 7.99. The molecule has 38 heavy (non-hydrogen) atoms. The molecule has 0 aliphatic carbocycles. The van der Waals surface area contributed by atoms with Crippen LogP contribution in [0.25, 0.3) is 0 Å². The van der Waals surface area contributed by atoms with Gasteiger partial charge >= 0.3 is 11.9 Å². The minimum atomic E-state index is -0.536. The monoisotopic (exact) mass is 534 g/mol. The minimum Gasteiger partial charge on any atom is -0.465 e. The second-order valence-corrected chi connectivity index (χ2v) is 11.0. The fourth-order valence-corrected chi connectivity index (χ4v) is 5.44. The van der Waals surface area contributed by atoms with Gasteiger partial charge in [-0.3, -0.25) is 0 Å². The molecule has 2 atom stereocenters. The van der Waals surface area contributed by atoms with Crippen molar-refractivity contribution in [1.82, 2.24) is 5.06 Å². The van der Waals surface area contributed by atoms with Crippen LogP contribution in [0.3, 0.4) is 0 Å². The van der Waals surface area contributed by atoms with Crippen molar-refractivity contribution in [3.05, 3.63) is 22.5 Å². The average Bonchev–Trinajstić information content (AvgIpc) is 2.87. The van der Waals surface area contributed by atoms with Gasteiger partial charge < -0.3 is 20.0 Å². The largest absolute Gasteiger partial charge is 0.465 e. The van der Waals surface area contributed by atoms with Crippen molar-refractivity contribution in [2.75, 3.05) is 13.7 Å². The molecule has 2 heterocycles. The number of unbranched alkanes of at least 4 members (excludes halogenated alkanes) is 15. The van der Waals surface area contributed by atoms with Crippen molar-refractivity contribution in [2.45, 2.75) is 148 Å². The van der Waals surface area contributed by atoms with Crippen LogP contribution in [0.1, 0.15) is 136 Å². The molecule has 2 rings (SSSR count). The summed E-state index contributed by atoms with van der Waals surface area (Å²) in [5.74, 6) is -0.831. The second kappa shape index (κ2) is 18.3. The molecule has 0 spiro atoms. The second-order valence-electron chi connectivity index (χ2n) is 11.0. The number of nitrogens with two attached hydrogens (primary N) is 1. The number of carbonyl (C=O) groups excluding carboxylic acids is 2. The van der Waals surface area contributed by atoms with Gasteiger partial charge in [0.15, 0.2) is 0 Å². The maximum absolute atomic E-state index is 12.7. The average molecular weight is 535 g/mol. The van der Waals surface area contributed by atoms with E-state index in [2.05, 4.69) is 6.92 Å². The maximum atomic E-state index is 12.7. The first-order valence-electron chi connectivity index (χ1n) is 15.3. The summed E-state index contributed by atoms with van der Waals surface area (Å²) < 4.78 is 10.6. The zero-order valence-corrected chi connectivity index (χ0v) is 24.7. The lowest BCUT2D eigenvalue weighted by atomic mass is 9.89. The normalized spacial score (nSPS) is 19.5. The predicted molar refractivity (Wildman–Crippen MR) is 152 cm³/mol. The van der Waals surface area contributed by atoms with Gasteiger partial charge in [0.05, 0.1) is 18.9 Å². The number of methoxy groups -OCH3 is 1. The van der Waals surface area contributed by atoms with Crippen LogP contribution in [0.15, 0.2) is 22.5 Å². The summed E-state index contributed by atoms with van der Waals surface area (Å²) in [6.45, 7) is 6.53. The molecule has 0 amide bonds. The van der Waals surface area contributed by atoms with Gasteiger partial charge in [-0.1, -0.05) is 103 Å². The molecule has 1 fully saturated rings. The van der Waals surface area contributed by atoms with Crippen LogP contribution in [0.4, 0.5) is 0 Å². The molecule has 2 N–H and O–H groups in total. The maximum Gasteiger partial charge on any atom is 0.341 e. The van der Waals surface area contributed by atoms with E-state index in [-0.39, 0.29) is 23.7 Å². The number of nitrogens with zero attached hydrogens (tertiary/aromatic N) is 1. The van der Waals surface area contributed by atoms with Crippen molar-refractivity contribution in [3.63, 3.8) is 0 Å². The Bertz CT molecular complexity index is 787. The number of carbonyl (C=O) groups is 2. The first-order valence-corrected chi connectivity index (χ1v) is 15.3. The van der Waals surface area contributed by atoms with E-state index in [1.165, 1.54) is 95.6 Å². The lowest BCUT2D eigenvalue weighted by Gasteiger charge is -2.44. The Hall–Kier alpha value is -2.02. The highest BCUT2D eigenvalue weighted by atomic mass is 16.7. The molecule has 0 aromatic carbocycles. The van der Waals surface area contributed by atoms with E-state index in [0.29, 0.717) is 24.4 Å². The molecule has 2 aliphatic heterocycles. The minimum absolute atomic E-state index is 0.119. The van der Waals surface area contributed by atoms with Crippen LogP contribution in [-0.4, -0.2) is 42.9 Å².